The molecular formula is C16H32O2. The molecule has 0 aliphatic heterocycles. The summed E-state index contributed by atoms with van der Waals surface area (Å²) in [4.78, 5) is 11.9. The van der Waals surface area contributed by atoms with Crippen LogP contribution in [-0.4, -0.2) is 12.1 Å². The Morgan fingerprint density at radius 3 is 2.00 bits per heavy atom. The van der Waals surface area contributed by atoms with Gasteiger partial charge < -0.3 is 4.74 Å². The van der Waals surface area contributed by atoms with Crippen molar-refractivity contribution in [1.29, 1.82) is 0 Å². The van der Waals surface area contributed by atoms with Crippen LogP contribution in [0, 0.1) is 11.3 Å². The molecule has 1 unspecified atom stereocenters. The van der Waals surface area contributed by atoms with Crippen molar-refractivity contribution in [3.8, 4) is 0 Å². The molecule has 0 aromatic rings. The van der Waals surface area contributed by atoms with Gasteiger partial charge in [-0.3, -0.25) is 4.79 Å². The van der Waals surface area contributed by atoms with Gasteiger partial charge in [-0.1, -0.05) is 60.3 Å². The molecular weight excluding hydrogens is 224 g/mol. The van der Waals surface area contributed by atoms with E-state index in [1.165, 1.54) is 0 Å². The molecule has 0 N–H and O–H groups in total. The minimum Gasteiger partial charge on any atom is -0.463 e. The maximum atomic E-state index is 11.9. The third-order valence-electron chi connectivity index (χ3n) is 3.08. The molecule has 2 nitrogen and oxygen atoms in total. The van der Waals surface area contributed by atoms with Gasteiger partial charge in [-0.05, 0) is 24.7 Å². The molecule has 108 valence electrons. The highest BCUT2D eigenvalue weighted by atomic mass is 16.5. The fourth-order valence-electron chi connectivity index (χ4n) is 2.58. The summed E-state index contributed by atoms with van der Waals surface area (Å²) in [6.07, 6.45) is 6.11. The van der Waals surface area contributed by atoms with Crippen LogP contribution >= 0.6 is 0 Å². The number of rotatable bonds is 8. The summed E-state index contributed by atoms with van der Waals surface area (Å²) in [6.45, 7) is 12.9. The molecule has 0 saturated heterocycles. The molecule has 0 radical (unpaired) electrons. The molecule has 0 aliphatic rings. The predicted molar refractivity (Wildman–Crippen MR) is 77.5 cm³/mol. The first-order chi connectivity index (χ1) is 8.28. The van der Waals surface area contributed by atoms with E-state index < -0.39 is 0 Å². The smallest absolute Gasteiger partial charge is 0.306 e. The second-order valence-electron chi connectivity index (χ2n) is 6.71. The maximum Gasteiger partial charge on any atom is 0.306 e. The van der Waals surface area contributed by atoms with Gasteiger partial charge in [-0.25, -0.2) is 0 Å². The lowest BCUT2D eigenvalue weighted by Gasteiger charge is -2.24. The molecule has 0 amide bonds. The van der Waals surface area contributed by atoms with E-state index >= 15 is 0 Å². The number of ether oxygens (including phenoxy) is 1. The SMILES string of the molecule is CCCC(CCC)CC(=O)OC(C)CC(C)(C)C. The number of esters is 1. The lowest BCUT2D eigenvalue weighted by Crippen LogP contribution is -2.22. The van der Waals surface area contributed by atoms with Gasteiger partial charge >= 0.3 is 5.97 Å². The Bertz CT molecular complexity index is 222. The molecule has 0 rings (SSSR count). The number of hydrogen-bond donors (Lipinski definition) is 0. The maximum absolute atomic E-state index is 11.9. The van der Waals surface area contributed by atoms with Gasteiger partial charge in [0, 0.05) is 6.42 Å². The van der Waals surface area contributed by atoms with Crippen LogP contribution in [0.4, 0.5) is 0 Å². The van der Waals surface area contributed by atoms with Gasteiger partial charge in [0.15, 0.2) is 0 Å². The zero-order valence-corrected chi connectivity index (χ0v) is 13.2. The average molecular weight is 256 g/mol. The van der Waals surface area contributed by atoms with Crippen molar-refractivity contribution >= 4 is 5.97 Å². The van der Waals surface area contributed by atoms with E-state index in [0.29, 0.717) is 12.3 Å². The minimum absolute atomic E-state index is 0.0151. The third kappa shape index (κ3) is 9.49. The highest BCUT2D eigenvalue weighted by Gasteiger charge is 2.20. The topological polar surface area (TPSA) is 26.3 Å². The molecule has 1 atom stereocenters. The van der Waals surface area contributed by atoms with Gasteiger partial charge in [0.25, 0.3) is 0 Å². The van der Waals surface area contributed by atoms with Crippen molar-refractivity contribution < 1.29 is 9.53 Å². The molecule has 0 aromatic heterocycles. The van der Waals surface area contributed by atoms with E-state index in [-0.39, 0.29) is 17.5 Å². The summed E-state index contributed by atoms with van der Waals surface area (Å²) < 4.78 is 5.51. The van der Waals surface area contributed by atoms with Crippen LogP contribution < -0.4 is 0 Å². The zero-order valence-electron chi connectivity index (χ0n) is 13.2. The molecule has 2 heteroatoms. The Labute approximate surface area is 113 Å². The lowest BCUT2D eigenvalue weighted by molar-refractivity contribution is -0.150. The van der Waals surface area contributed by atoms with Crippen LogP contribution in [0.5, 0.6) is 0 Å². The summed E-state index contributed by atoms with van der Waals surface area (Å²) in [5.41, 5.74) is 0.214. The Morgan fingerprint density at radius 1 is 1.11 bits per heavy atom. The average Bonchev–Trinajstić information content (AvgIpc) is 2.14. The first kappa shape index (κ1) is 17.5. The fourth-order valence-corrected chi connectivity index (χ4v) is 2.58. The van der Waals surface area contributed by atoms with E-state index in [1.54, 1.807) is 0 Å². The van der Waals surface area contributed by atoms with Crippen LogP contribution in [0.15, 0.2) is 0 Å². The molecule has 0 aromatic carbocycles. The summed E-state index contributed by atoms with van der Waals surface area (Å²) >= 11 is 0. The normalized spacial score (nSPS) is 13.7. The van der Waals surface area contributed by atoms with Gasteiger partial charge in [0.05, 0.1) is 6.10 Å². The zero-order chi connectivity index (χ0) is 14.2. The number of carbonyl (C=O) groups excluding carboxylic acids is 1. The minimum atomic E-state index is -0.0151. The highest BCUT2D eigenvalue weighted by molar-refractivity contribution is 5.69. The lowest BCUT2D eigenvalue weighted by atomic mass is 9.89. The van der Waals surface area contributed by atoms with Gasteiger partial charge in [0.2, 0.25) is 0 Å². The van der Waals surface area contributed by atoms with E-state index in [4.69, 9.17) is 4.74 Å². The van der Waals surface area contributed by atoms with Gasteiger partial charge in [0.1, 0.15) is 0 Å². The van der Waals surface area contributed by atoms with Gasteiger partial charge in [-0.15, -0.1) is 0 Å². The summed E-state index contributed by atoms with van der Waals surface area (Å²) in [5, 5.41) is 0. The second kappa shape index (κ2) is 8.55. The Kier molecular flexibility index (Phi) is 8.30. The predicted octanol–water partition coefficient (Wildman–Crippen LogP) is 4.96. The van der Waals surface area contributed by atoms with Crippen molar-refractivity contribution in [2.45, 2.75) is 86.2 Å². The first-order valence-corrected chi connectivity index (χ1v) is 7.48. The number of hydrogen-bond acceptors (Lipinski definition) is 2. The molecule has 0 saturated carbocycles. The van der Waals surface area contributed by atoms with Crippen molar-refractivity contribution in [2.75, 3.05) is 0 Å². The van der Waals surface area contributed by atoms with Crippen molar-refractivity contribution in [3.05, 3.63) is 0 Å². The van der Waals surface area contributed by atoms with Crippen molar-refractivity contribution in [3.63, 3.8) is 0 Å². The van der Waals surface area contributed by atoms with Crippen LogP contribution in [0.25, 0.3) is 0 Å². The largest absolute Gasteiger partial charge is 0.463 e. The fraction of sp³-hybridized carbons (Fsp3) is 0.938. The van der Waals surface area contributed by atoms with Crippen LogP contribution in [0.1, 0.15) is 80.1 Å². The monoisotopic (exact) mass is 256 g/mol. The van der Waals surface area contributed by atoms with Crippen LogP contribution in [-0.2, 0) is 9.53 Å². The van der Waals surface area contributed by atoms with E-state index in [2.05, 4.69) is 34.6 Å². The highest BCUT2D eigenvalue weighted by Crippen LogP contribution is 2.23. The molecule has 0 heterocycles. The molecule has 0 aliphatic carbocycles. The van der Waals surface area contributed by atoms with Crippen molar-refractivity contribution in [2.24, 2.45) is 11.3 Å². The standard InChI is InChI=1S/C16H32O2/c1-7-9-14(10-8-2)11-15(17)18-13(3)12-16(4,5)6/h13-14H,7-12H2,1-6H3. The van der Waals surface area contributed by atoms with Crippen molar-refractivity contribution in [1.82, 2.24) is 0 Å². The van der Waals surface area contributed by atoms with Gasteiger partial charge in [-0.2, -0.15) is 0 Å². The quantitative estimate of drug-likeness (QED) is 0.574. The Balaban J connectivity index is 4.07. The molecule has 0 bridgehead atoms. The summed E-state index contributed by atoms with van der Waals surface area (Å²) in [7, 11) is 0. The summed E-state index contributed by atoms with van der Waals surface area (Å²) in [6, 6.07) is 0. The molecule has 18 heavy (non-hydrogen) atoms. The second-order valence-corrected chi connectivity index (χ2v) is 6.71. The Hall–Kier alpha value is -0.530. The first-order valence-electron chi connectivity index (χ1n) is 7.48. The van der Waals surface area contributed by atoms with E-state index in [0.717, 1.165) is 32.1 Å². The van der Waals surface area contributed by atoms with Crippen LogP contribution in [0.3, 0.4) is 0 Å². The molecule has 0 spiro atoms. The van der Waals surface area contributed by atoms with E-state index in [9.17, 15) is 4.79 Å². The Morgan fingerprint density at radius 2 is 1.61 bits per heavy atom. The summed E-state index contributed by atoms with van der Waals surface area (Å²) in [5.74, 6) is 0.494. The van der Waals surface area contributed by atoms with Crippen LogP contribution in [0.2, 0.25) is 0 Å². The third-order valence-corrected chi connectivity index (χ3v) is 3.08. The van der Waals surface area contributed by atoms with E-state index in [1.807, 2.05) is 6.92 Å². The number of carbonyl (C=O) groups is 1. The molecule has 0 fully saturated rings.